The number of rotatable bonds is 16. The van der Waals surface area contributed by atoms with Crippen LogP contribution in [0.25, 0.3) is 34.2 Å². The zero-order valence-corrected chi connectivity index (χ0v) is 43.4. The fraction of sp³-hybridized carbons (Fsp3) is 0.292. The number of aromatic nitrogens is 12. The Balaban J connectivity index is 0.000000194. The van der Waals surface area contributed by atoms with Gasteiger partial charge in [-0.2, -0.15) is 26.3 Å². The van der Waals surface area contributed by atoms with E-state index in [1.165, 1.54) is 107 Å². The van der Waals surface area contributed by atoms with Crippen molar-refractivity contribution in [1.29, 1.82) is 0 Å². The topological polar surface area (TPSA) is 240 Å². The number of para-hydroxylation sites is 2. The summed E-state index contributed by atoms with van der Waals surface area (Å²) in [4.78, 5) is 59.9. The van der Waals surface area contributed by atoms with E-state index < -0.39 is 85.3 Å². The highest BCUT2D eigenvalue weighted by atomic mass is 35.5. The third kappa shape index (κ3) is 12.9. The molecule has 2 saturated carbocycles. The molecule has 6 atom stereocenters. The number of aliphatic hydroxyl groups excluding tert-OH is 2. The van der Waals surface area contributed by atoms with Crippen LogP contribution in [0.2, 0.25) is 20.1 Å². The van der Waals surface area contributed by atoms with Crippen LogP contribution in [0.3, 0.4) is 0 Å². The van der Waals surface area contributed by atoms with Gasteiger partial charge in [-0.3, -0.25) is 18.7 Å². The Kier molecular flexibility index (Phi) is 16.4. The maximum atomic E-state index is 13.3. The first-order chi connectivity index (χ1) is 37.8. The van der Waals surface area contributed by atoms with Crippen LogP contribution in [0.4, 0.5) is 35.1 Å². The van der Waals surface area contributed by atoms with Gasteiger partial charge in [0.05, 0.1) is 57.7 Å². The summed E-state index contributed by atoms with van der Waals surface area (Å²) >= 11 is 24.5. The van der Waals surface area contributed by atoms with E-state index in [0.717, 1.165) is 9.36 Å². The monoisotopic (exact) mass is 1200 g/mol. The molecule has 10 rings (SSSR count). The van der Waals surface area contributed by atoms with Gasteiger partial charge in [-0.15, -0.1) is 20.4 Å². The first kappa shape index (κ1) is 57.2. The highest BCUT2D eigenvalue weighted by Crippen LogP contribution is 2.31. The van der Waals surface area contributed by atoms with E-state index in [4.69, 9.17) is 46.4 Å². The van der Waals surface area contributed by atoms with Gasteiger partial charge in [-0.25, -0.2) is 47.1 Å². The Hall–Kier alpha value is -7.50. The van der Waals surface area contributed by atoms with E-state index in [-0.39, 0.29) is 92.9 Å². The van der Waals surface area contributed by atoms with Gasteiger partial charge in [0, 0.05) is 34.0 Å². The van der Waals surface area contributed by atoms with Crippen molar-refractivity contribution in [2.75, 3.05) is 0 Å². The second-order valence-corrected chi connectivity index (χ2v) is 19.7. The lowest BCUT2D eigenvalue weighted by molar-refractivity contribution is -0.207. The van der Waals surface area contributed by atoms with E-state index in [0.29, 0.717) is 19.2 Å². The predicted octanol–water partition coefficient (Wildman–Crippen LogP) is 6.82. The largest absolute Gasteiger partial charge is 0.416 e. The molecule has 4 heterocycles. The summed E-state index contributed by atoms with van der Waals surface area (Å²) < 4.78 is 111. The molecule has 2 aliphatic carbocycles. The van der Waals surface area contributed by atoms with Crippen molar-refractivity contribution in [2.24, 2.45) is 0 Å². The second kappa shape index (κ2) is 22.9. The lowest BCUT2D eigenvalue weighted by atomic mass is 10.1. The van der Waals surface area contributed by atoms with Crippen LogP contribution in [0.5, 0.6) is 0 Å². The van der Waals surface area contributed by atoms with Crippen molar-refractivity contribution in [2.45, 2.75) is 88.0 Å². The van der Waals surface area contributed by atoms with Gasteiger partial charge in [0.2, 0.25) is 0 Å². The molecule has 4 aromatic heterocycles. The number of nitrogens with one attached hydrogen (secondary N) is 2. The molecule has 2 aliphatic rings. The van der Waals surface area contributed by atoms with Crippen LogP contribution in [0.15, 0.2) is 107 Å². The normalized spacial score (nSPS) is 17.6. The fourth-order valence-electron chi connectivity index (χ4n) is 7.80. The van der Waals surface area contributed by atoms with Crippen molar-refractivity contribution in [3.63, 3.8) is 0 Å². The SMILES string of the molecule is O=C(N[C@@H]1C[C@@H]1F)c1cccc(Cl)c1-n1cnc(Cn2nc(-c3ccc(Cl)cc3)n(C[C@H](O)C(F)(F)F)c2=O)n1.O=C(N[C@H]1C[C@H]1F)c1cccc(Cl)c1-n1cnc(Cn2nc(-c3ccc(Cl)cc3)n(C[C@H](O)C(F)(F)F)c2=O)n1. The number of carbonyl (C=O) groups is 2. The molecule has 0 aliphatic heterocycles. The van der Waals surface area contributed by atoms with Gasteiger partial charge < -0.3 is 20.8 Å². The number of alkyl halides is 8. The van der Waals surface area contributed by atoms with Crippen molar-refractivity contribution in [1.82, 2.24) is 68.9 Å². The highest BCUT2D eigenvalue weighted by Gasteiger charge is 2.42. The van der Waals surface area contributed by atoms with Crippen LogP contribution >= 0.6 is 46.4 Å². The fourth-order valence-corrected chi connectivity index (χ4v) is 8.57. The molecule has 20 nitrogen and oxygen atoms in total. The zero-order chi connectivity index (χ0) is 57.5. The molecule has 80 heavy (non-hydrogen) atoms. The van der Waals surface area contributed by atoms with E-state index in [2.05, 4.69) is 41.0 Å². The van der Waals surface area contributed by atoms with Crippen LogP contribution in [-0.4, -0.2) is 129 Å². The molecule has 2 amide bonds. The van der Waals surface area contributed by atoms with Crippen molar-refractivity contribution in [3.05, 3.63) is 161 Å². The Morgan fingerprint density at radius 2 is 0.925 bits per heavy atom. The second-order valence-electron chi connectivity index (χ2n) is 18.0. The molecule has 0 bridgehead atoms. The standard InChI is InChI=1S/2C24H19Cl2F4N7O3/c2*25-13-6-4-12(5-7-13)21-34-36(23(40)35(21)9-18(38)24(28,29)30)10-19-31-11-37(33-19)20-14(2-1-3-15(20)26)22(39)32-17-8-16(17)27/h2*1-7,11,16-18,38H,8-10H2,(H,32,39)/t16-,17+,18+;16-,17+,18-/m10/s1. The minimum Gasteiger partial charge on any atom is -0.382 e. The lowest BCUT2D eigenvalue weighted by Gasteiger charge is -2.15. The smallest absolute Gasteiger partial charge is 0.382 e. The van der Waals surface area contributed by atoms with Gasteiger partial charge in [0.25, 0.3) is 11.8 Å². The summed E-state index contributed by atoms with van der Waals surface area (Å²) in [6.07, 6.45) is -14.9. The summed E-state index contributed by atoms with van der Waals surface area (Å²) in [5.41, 5.74) is -0.808. The summed E-state index contributed by atoms with van der Waals surface area (Å²) in [5.74, 6) is -1.37. The van der Waals surface area contributed by atoms with Crippen LogP contribution in [0.1, 0.15) is 45.2 Å². The average Bonchev–Trinajstić information content (AvgIpc) is 3.96. The molecule has 0 unspecified atom stereocenters. The molecule has 4 N–H and O–H groups in total. The maximum Gasteiger partial charge on any atom is 0.416 e. The molecule has 0 spiro atoms. The number of amides is 2. The van der Waals surface area contributed by atoms with Gasteiger partial charge in [-0.1, -0.05) is 58.5 Å². The van der Waals surface area contributed by atoms with Crippen LogP contribution in [0, 0.1) is 0 Å². The van der Waals surface area contributed by atoms with Crippen LogP contribution < -0.4 is 22.0 Å². The molecule has 0 saturated heterocycles. The third-order valence-corrected chi connectivity index (χ3v) is 13.3. The average molecular weight is 1200 g/mol. The predicted molar refractivity (Wildman–Crippen MR) is 270 cm³/mol. The molecular weight excluding hydrogens is 1160 g/mol. The van der Waals surface area contributed by atoms with E-state index >= 15 is 0 Å². The maximum absolute atomic E-state index is 13.3. The molecule has 2 fully saturated rings. The molecule has 0 radical (unpaired) electrons. The molecule has 32 heteroatoms. The number of hydrogen-bond acceptors (Lipinski definition) is 12. The van der Waals surface area contributed by atoms with Gasteiger partial charge in [-0.05, 0) is 72.8 Å². The zero-order valence-electron chi connectivity index (χ0n) is 40.4. The highest BCUT2D eigenvalue weighted by molar-refractivity contribution is 6.33. The van der Waals surface area contributed by atoms with Crippen LogP contribution in [-0.2, 0) is 26.2 Å². The van der Waals surface area contributed by atoms with E-state index in [9.17, 15) is 64.5 Å². The summed E-state index contributed by atoms with van der Waals surface area (Å²) in [7, 11) is 0. The van der Waals surface area contributed by atoms with E-state index in [1.54, 1.807) is 0 Å². The van der Waals surface area contributed by atoms with Crippen molar-refractivity contribution >= 4 is 58.2 Å². The van der Waals surface area contributed by atoms with Crippen molar-refractivity contribution < 1.29 is 54.9 Å². The number of aliphatic hydroxyl groups is 2. The number of hydrogen-bond donors (Lipinski definition) is 4. The molecular formula is C48H38Cl4F8N14O6. The lowest BCUT2D eigenvalue weighted by Crippen LogP contribution is -2.37. The molecule has 4 aromatic carbocycles. The van der Waals surface area contributed by atoms with Gasteiger partial charge in [0.1, 0.15) is 38.1 Å². The van der Waals surface area contributed by atoms with E-state index in [1.807, 2.05) is 0 Å². The number of nitrogens with zero attached hydrogens (tertiary/aromatic N) is 12. The summed E-state index contributed by atoms with van der Waals surface area (Å²) in [6, 6.07) is 19.7. The molecule has 420 valence electrons. The minimum atomic E-state index is -4.97. The Morgan fingerprint density at radius 3 is 1.25 bits per heavy atom. The summed E-state index contributed by atoms with van der Waals surface area (Å²) in [6.45, 7) is -2.92. The minimum absolute atomic E-state index is 0.0167. The summed E-state index contributed by atoms with van der Waals surface area (Å²) in [5, 5.41) is 42.3. The third-order valence-electron chi connectivity index (χ3n) is 12.2. The Bertz CT molecular complexity index is 3480. The number of carbonyl (C=O) groups excluding carboxylic acids is 2. The number of benzene rings is 4. The first-order valence-corrected chi connectivity index (χ1v) is 25.0. The first-order valence-electron chi connectivity index (χ1n) is 23.5. The quantitative estimate of drug-likeness (QED) is 0.0729. The van der Waals surface area contributed by atoms with Crippen molar-refractivity contribution in [3.8, 4) is 34.2 Å². The number of halogens is 12. The van der Waals surface area contributed by atoms with Gasteiger partial charge in [0.15, 0.2) is 35.5 Å². The Morgan fingerprint density at radius 1 is 0.575 bits per heavy atom. The molecule has 8 aromatic rings. The van der Waals surface area contributed by atoms with Gasteiger partial charge >= 0.3 is 23.7 Å². The Labute approximate surface area is 463 Å².